The third kappa shape index (κ3) is 4.57. The van der Waals surface area contributed by atoms with Crippen molar-refractivity contribution in [3.63, 3.8) is 0 Å². The van der Waals surface area contributed by atoms with Crippen molar-refractivity contribution >= 4 is 33.5 Å². The highest BCUT2D eigenvalue weighted by Gasteiger charge is 2.27. The first-order valence-corrected chi connectivity index (χ1v) is 11.0. The largest absolute Gasteiger partial charge is 0.327 e. The van der Waals surface area contributed by atoms with Gasteiger partial charge in [0.15, 0.2) is 0 Å². The molecular weight excluding hydrogens is 427 g/mol. The van der Waals surface area contributed by atoms with E-state index in [1.807, 2.05) is 25.1 Å². The second-order valence-electron chi connectivity index (χ2n) is 7.23. The first-order valence-electron chi connectivity index (χ1n) is 9.52. The zero-order valence-electron chi connectivity index (χ0n) is 16.5. The molecule has 1 saturated carbocycles. The van der Waals surface area contributed by atoms with Crippen molar-refractivity contribution in [1.82, 2.24) is 14.3 Å². The van der Waals surface area contributed by atoms with Crippen molar-refractivity contribution in [2.24, 2.45) is 5.73 Å². The Hall–Kier alpha value is -2.26. The Kier molecular flexibility index (Phi) is 6.62. The predicted octanol–water partition coefficient (Wildman–Crippen LogP) is 3.69. The molecular formula is C21H24ClFN4O2S. The van der Waals surface area contributed by atoms with Crippen LogP contribution in [0.5, 0.6) is 0 Å². The number of benzene rings is 2. The highest BCUT2D eigenvalue weighted by Crippen LogP contribution is 2.30. The molecule has 0 unspecified atom stereocenters. The lowest BCUT2D eigenvalue weighted by Crippen LogP contribution is -2.25. The minimum Gasteiger partial charge on any atom is -0.327 e. The number of nitrogens with one attached hydrogen (secondary N) is 1. The summed E-state index contributed by atoms with van der Waals surface area (Å²) in [5.41, 5.74) is 8.67. The van der Waals surface area contributed by atoms with Crippen molar-refractivity contribution in [2.45, 2.75) is 37.2 Å². The van der Waals surface area contributed by atoms with Crippen LogP contribution in [0.1, 0.15) is 18.7 Å². The van der Waals surface area contributed by atoms with Crippen LogP contribution in [-0.4, -0.2) is 30.6 Å². The molecule has 3 aromatic rings. The SMILES string of the molecule is Cc1nc2c(-c3ccc(S(=O)(=O)NC4CC4)cc3)cccc2n1CC(F)=CCN.Cl. The number of rotatable bonds is 7. The van der Waals surface area contributed by atoms with Gasteiger partial charge in [-0.15, -0.1) is 12.4 Å². The summed E-state index contributed by atoms with van der Waals surface area (Å²) in [5.74, 6) is 0.388. The molecule has 0 radical (unpaired) electrons. The van der Waals surface area contributed by atoms with Gasteiger partial charge in [0.05, 0.1) is 22.5 Å². The van der Waals surface area contributed by atoms with Crippen LogP contribution < -0.4 is 10.5 Å². The van der Waals surface area contributed by atoms with Crippen LogP contribution in [0.4, 0.5) is 4.39 Å². The summed E-state index contributed by atoms with van der Waals surface area (Å²) >= 11 is 0. The number of halogens is 2. The molecule has 1 heterocycles. The molecule has 0 aliphatic heterocycles. The first kappa shape index (κ1) is 22.4. The van der Waals surface area contributed by atoms with Crippen LogP contribution in [-0.2, 0) is 16.6 Å². The zero-order valence-corrected chi connectivity index (χ0v) is 18.1. The number of aromatic nitrogens is 2. The molecule has 0 spiro atoms. The molecule has 30 heavy (non-hydrogen) atoms. The van der Waals surface area contributed by atoms with E-state index in [1.54, 1.807) is 28.8 Å². The van der Waals surface area contributed by atoms with Gasteiger partial charge in [-0.05, 0) is 49.6 Å². The Morgan fingerprint density at radius 2 is 1.97 bits per heavy atom. The van der Waals surface area contributed by atoms with Crippen molar-refractivity contribution in [1.29, 1.82) is 0 Å². The fourth-order valence-electron chi connectivity index (χ4n) is 3.34. The molecule has 0 atom stereocenters. The van der Waals surface area contributed by atoms with E-state index in [0.717, 1.165) is 35.0 Å². The quantitative estimate of drug-likeness (QED) is 0.574. The van der Waals surface area contributed by atoms with Crippen molar-refractivity contribution in [3.05, 3.63) is 60.2 Å². The van der Waals surface area contributed by atoms with E-state index in [9.17, 15) is 12.8 Å². The number of para-hydroxylation sites is 1. The van der Waals surface area contributed by atoms with Crippen molar-refractivity contribution in [3.8, 4) is 11.1 Å². The van der Waals surface area contributed by atoms with Crippen LogP contribution in [0.2, 0.25) is 0 Å². The van der Waals surface area contributed by atoms with E-state index < -0.39 is 10.0 Å². The molecule has 1 fully saturated rings. The van der Waals surface area contributed by atoms with Crippen LogP contribution in [0.3, 0.4) is 0 Å². The number of aryl methyl sites for hydroxylation is 1. The number of allylic oxidation sites excluding steroid dienone is 1. The Bertz CT molecular complexity index is 1190. The minimum absolute atomic E-state index is 0. The monoisotopic (exact) mass is 450 g/mol. The average molecular weight is 451 g/mol. The number of nitrogens with zero attached hydrogens (tertiary/aromatic N) is 2. The number of nitrogens with two attached hydrogens (primary N) is 1. The van der Waals surface area contributed by atoms with Crippen LogP contribution >= 0.6 is 12.4 Å². The van der Waals surface area contributed by atoms with Crippen LogP contribution in [0.15, 0.2) is 59.3 Å². The fraction of sp³-hybridized carbons (Fsp3) is 0.286. The molecule has 1 aliphatic rings. The van der Waals surface area contributed by atoms with Gasteiger partial charge in [0.1, 0.15) is 11.7 Å². The Morgan fingerprint density at radius 1 is 1.27 bits per heavy atom. The summed E-state index contributed by atoms with van der Waals surface area (Å²) in [6.07, 6.45) is 3.13. The maximum atomic E-state index is 14.0. The number of hydrogen-bond donors (Lipinski definition) is 2. The lowest BCUT2D eigenvalue weighted by molar-refractivity contribution is 0.553. The molecule has 4 rings (SSSR count). The minimum atomic E-state index is -3.49. The Labute approximate surface area is 181 Å². The summed E-state index contributed by atoms with van der Waals surface area (Å²) in [6.45, 7) is 2.05. The molecule has 3 N–H and O–H groups in total. The van der Waals surface area contributed by atoms with Crippen LogP contribution in [0.25, 0.3) is 22.2 Å². The number of sulfonamides is 1. The van der Waals surface area contributed by atoms with Crippen LogP contribution in [0, 0.1) is 6.92 Å². The topological polar surface area (TPSA) is 90.0 Å². The van der Waals surface area contributed by atoms with Gasteiger partial charge in [0.2, 0.25) is 10.0 Å². The highest BCUT2D eigenvalue weighted by molar-refractivity contribution is 7.89. The Balaban J connectivity index is 0.00000256. The fourth-order valence-corrected chi connectivity index (χ4v) is 4.65. The first-order chi connectivity index (χ1) is 13.9. The van der Waals surface area contributed by atoms with E-state index in [1.165, 1.54) is 6.08 Å². The van der Waals surface area contributed by atoms with Gasteiger partial charge in [-0.25, -0.2) is 22.5 Å². The summed E-state index contributed by atoms with van der Waals surface area (Å²) in [7, 11) is -3.49. The molecule has 160 valence electrons. The van der Waals surface area contributed by atoms with Gasteiger partial charge >= 0.3 is 0 Å². The average Bonchev–Trinajstić information content (AvgIpc) is 3.44. The van der Waals surface area contributed by atoms with Crippen molar-refractivity contribution in [2.75, 3.05) is 6.54 Å². The van der Waals surface area contributed by atoms with E-state index in [2.05, 4.69) is 9.71 Å². The van der Waals surface area contributed by atoms with Gasteiger partial charge in [0, 0.05) is 18.2 Å². The molecule has 0 bridgehead atoms. The molecule has 2 aromatic carbocycles. The van der Waals surface area contributed by atoms with Crippen molar-refractivity contribution < 1.29 is 12.8 Å². The highest BCUT2D eigenvalue weighted by atomic mass is 35.5. The molecule has 6 nitrogen and oxygen atoms in total. The summed E-state index contributed by atoms with van der Waals surface area (Å²) in [6, 6.07) is 12.5. The maximum absolute atomic E-state index is 14.0. The Morgan fingerprint density at radius 3 is 2.60 bits per heavy atom. The smallest absolute Gasteiger partial charge is 0.240 e. The van der Waals surface area contributed by atoms with E-state index in [-0.39, 0.29) is 42.3 Å². The summed E-state index contributed by atoms with van der Waals surface area (Å²) in [5, 5.41) is 0. The normalized spacial score (nSPS) is 14.7. The second-order valence-corrected chi connectivity index (χ2v) is 8.94. The van der Waals surface area contributed by atoms with Gasteiger partial charge < -0.3 is 10.3 Å². The van der Waals surface area contributed by atoms with Gasteiger partial charge in [-0.1, -0.05) is 24.3 Å². The van der Waals surface area contributed by atoms with Gasteiger partial charge in [0.25, 0.3) is 0 Å². The number of hydrogen-bond acceptors (Lipinski definition) is 4. The summed E-state index contributed by atoms with van der Waals surface area (Å²) in [4.78, 5) is 4.87. The van der Waals surface area contributed by atoms with E-state index in [0.29, 0.717) is 5.82 Å². The molecule has 1 aromatic heterocycles. The third-order valence-corrected chi connectivity index (χ3v) is 6.53. The van der Waals surface area contributed by atoms with Gasteiger partial charge in [-0.2, -0.15) is 0 Å². The van der Waals surface area contributed by atoms with E-state index in [4.69, 9.17) is 5.73 Å². The summed E-state index contributed by atoms with van der Waals surface area (Å²) < 4.78 is 43.2. The van der Waals surface area contributed by atoms with E-state index >= 15 is 0 Å². The second kappa shape index (κ2) is 8.85. The molecule has 0 amide bonds. The predicted molar refractivity (Wildman–Crippen MR) is 119 cm³/mol. The number of imidazole rings is 1. The zero-order chi connectivity index (χ0) is 20.6. The number of fused-ring (bicyclic) bond motifs is 1. The lowest BCUT2D eigenvalue weighted by Gasteiger charge is -2.08. The molecule has 0 saturated heterocycles. The molecule has 1 aliphatic carbocycles. The standard InChI is InChI=1S/C21H23FN4O2S.ClH/c1-14-24-21-19(3-2-4-20(21)26(14)13-16(22)11-12-23)15-5-9-18(10-6-15)29(27,28)25-17-7-8-17;/h2-6,9-11,17,25H,7-8,12-13,23H2,1H3;1H. The third-order valence-electron chi connectivity index (χ3n) is 4.99. The van der Waals surface area contributed by atoms with Gasteiger partial charge in [-0.3, -0.25) is 0 Å². The maximum Gasteiger partial charge on any atom is 0.240 e. The molecule has 9 heteroatoms. The lowest BCUT2D eigenvalue weighted by atomic mass is 10.0.